The SMILES string of the molecule is CC.CCCNC(=O)c1cnc(C)cn1.c1ccccc1. The molecule has 0 saturated carbocycles. The summed E-state index contributed by atoms with van der Waals surface area (Å²) in [6.07, 6.45) is 3.99. The lowest BCUT2D eigenvalue weighted by Gasteiger charge is -2.01. The molecular formula is C17H25N3O. The van der Waals surface area contributed by atoms with E-state index in [-0.39, 0.29) is 5.91 Å². The van der Waals surface area contributed by atoms with Crippen LogP contribution in [0.25, 0.3) is 0 Å². The standard InChI is InChI=1S/C9H13N3O.C6H6.C2H6/c1-3-4-10-9(13)8-6-11-7(2)5-12-8;1-2-4-6-5-3-1;1-2/h5-6H,3-4H2,1-2H3,(H,10,13);1-6H;1-2H3. The molecule has 0 unspecified atom stereocenters. The molecule has 1 amide bonds. The van der Waals surface area contributed by atoms with Gasteiger partial charge in [-0.1, -0.05) is 57.2 Å². The molecule has 1 aromatic heterocycles. The molecule has 4 heteroatoms. The van der Waals surface area contributed by atoms with E-state index in [4.69, 9.17) is 0 Å². The number of nitrogens with zero attached hydrogens (tertiary/aromatic N) is 2. The van der Waals surface area contributed by atoms with Crippen molar-refractivity contribution >= 4 is 5.91 Å². The maximum Gasteiger partial charge on any atom is 0.271 e. The fourth-order valence-electron chi connectivity index (χ4n) is 1.22. The van der Waals surface area contributed by atoms with Gasteiger partial charge in [0.05, 0.1) is 11.9 Å². The second-order valence-electron chi connectivity index (χ2n) is 3.95. The average molecular weight is 287 g/mol. The second-order valence-corrected chi connectivity index (χ2v) is 3.95. The number of carbonyl (C=O) groups excluding carboxylic acids is 1. The quantitative estimate of drug-likeness (QED) is 0.937. The molecule has 0 spiro atoms. The highest BCUT2D eigenvalue weighted by molar-refractivity contribution is 5.91. The first kappa shape index (κ1) is 18.8. The van der Waals surface area contributed by atoms with Crippen molar-refractivity contribution in [2.45, 2.75) is 34.1 Å². The maximum absolute atomic E-state index is 11.3. The van der Waals surface area contributed by atoms with Gasteiger partial charge in [0.15, 0.2) is 0 Å². The van der Waals surface area contributed by atoms with Gasteiger partial charge in [0.25, 0.3) is 5.91 Å². The highest BCUT2D eigenvalue weighted by Gasteiger charge is 2.04. The zero-order valence-corrected chi connectivity index (χ0v) is 13.3. The number of hydrogen-bond donors (Lipinski definition) is 1. The summed E-state index contributed by atoms with van der Waals surface area (Å²) in [6, 6.07) is 12.0. The minimum Gasteiger partial charge on any atom is -0.351 e. The minimum absolute atomic E-state index is 0.158. The van der Waals surface area contributed by atoms with Crippen LogP contribution in [0.4, 0.5) is 0 Å². The van der Waals surface area contributed by atoms with E-state index in [2.05, 4.69) is 15.3 Å². The summed E-state index contributed by atoms with van der Waals surface area (Å²) in [7, 11) is 0. The first-order chi connectivity index (χ1) is 10.2. The van der Waals surface area contributed by atoms with E-state index in [0.717, 1.165) is 12.1 Å². The predicted molar refractivity (Wildman–Crippen MR) is 87.2 cm³/mol. The Morgan fingerprint density at radius 1 is 1.00 bits per heavy atom. The Bertz CT molecular complexity index is 442. The molecule has 114 valence electrons. The van der Waals surface area contributed by atoms with E-state index in [1.165, 1.54) is 6.20 Å². The molecule has 2 rings (SSSR count). The highest BCUT2D eigenvalue weighted by atomic mass is 16.1. The van der Waals surface area contributed by atoms with Crippen LogP contribution in [0.5, 0.6) is 0 Å². The van der Waals surface area contributed by atoms with Gasteiger partial charge in [0.1, 0.15) is 5.69 Å². The van der Waals surface area contributed by atoms with Gasteiger partial charge in [-0.3, -0.25) is 9.78 Å². The van der Waals surface area contributed by atoms with Crippen LogP contribution in [0.1, 0.15) is 43.4 Å². The lowest BCUT2D eigenvalue weighted by molar-refractivity contribution is 0.0948. The van der Waals surface area contributed by atoms with E-state index >= 15 is 0 Å². The monoisotopic (exact) mass is 287 g/mol. The molecule has 21 heavy (non-hydrogen) atoms. The van der Waals surface area contributed by atoms with Gasteiger partial charge in [0, 0.05) is 12.7 Å². The van der Waals surface area contributed by atoms with Gasteiger partial charge in [-0.2, -0.15) is 0 Å². The third kappa shape index (κ3) is 9.32. The second kappa shape index (κ2) is 12.8. The number of aromatic nitrogens is 2. The molecule has 0 atom stereocenters. The molecule has 0 aliphatic carbocycles. The van der Waals surface area contributed by atoms with Crippen molar-refractivity contribution < 1.29 is 4.79 Å². The van der Waals surface area contributed by atoms with Crippen molar-refractivity contribution in [2.24, 2.45) is 0 Å². The van der Waals surface area contributed by atoms with Crippen molar-refractivity contribution in [3.05, 3.63) is 60.2 Å². The molecule has 0 fully saturated rings. The zero-order valence-electron chi connectivity index (χ0n) is 13.3. The summed E-state index contributed by atoms with van der Waals surface area (Å²) in [6.45, 7) is 8.51. The van der Waals surface area contributed by atoms with Crippen molar-refractivity contribution in [2.75, 3.05) is 6.54 Å². The summed E-state index contributed by atoms with van der Waals surface area (Å²) in [5.41, 5.74) is 1.19. The van der Waals surface area contributed by atoms with Crippen LogP contribution in [-0.4, -0.2) is 22.4 Å². The molecule has 1 heterocycles. The lowest BCUT2D eigenvalue weighted by Crippen LogP contribution is -2.25. The van der Waals surface area contributed by atoms with Crippen LogP contribution < -0.4 is 5.32 Å². The van der Waals surface area contributed by atoms with Crippen LogP contribution in [0, 0.1) is 6.92 Å². The molecule has 0 radical (unpaired) electrons. The van der Waals surface area contributed by atoms with Crippen molar-refractivity contribution in [3.8, 4) is 0 Å². The van der Waals surface area contributed by atoms with E-state index in [1.807, 2.05) is 64.1 Å². The predicted octanol–water partition coefficient (Wildman–Crippen LogP) is 3.64. The van der Waals surface area contributed by atoms with Gasteiger partial charge in [-0.15, -0.1) is 0 Å². The smallest absolute Gasteiger partial charge is 0.271 e. The van der Waals surface area contributed by atoms with Gasteiger partial charge < -0.3 is 5.32 Å². The molecule has 0 aliphatic heterocycles. The van der Waals surface area contributed by atoms with Crippen molar-refractivity contribution in [1.29, 1.82) is 0 Å². The van der Waals surface area contributed by atoms with Gasteiger partial charge in [0.2, 0.25) is 0 Å². The summed E-state index contributed by atoms with van der Waals surface area (Å²) in [5, 5.41) is 2.73. The Morgan fingerprint density at radius 3 is 1.90 bits per heavy atom. The van der Waals surface area contributed by atoms with Crippen LogP contribution in [0.2, 0.25) is 0 Å². The fourth-order valence-corrected chi connectivity index (χ4v) is 1.22. The Labute approximate surface area is 127 Å². The van der Waals surface area contributed by atoms with Gasteiger partial charge >= 0.3 is 0 Å². The van der Waals surface area contributed by atoms with E-state index in [0.29, 0.717) is 12.2 Å². The lowest BCUT2D eigenvalue weighted by atomic mass is 10.4. The summed E-state index contributed by atoms with van der Waals surface area (Å²) in [4.78, 5) is 19.2. The van der Waals surface area contributed by atoms with Crippen LogP contribution in [-0.2, 0) is 0 Å². The Kier molecular flexibility index (Phi) is 11.4. The number of benzene rings is 1. The first-order valence-electron chi connectivity index (χ1n) is 7.31. The van der Waals surface area contributed by atoms with E-state index in [1.54, 1.807) is 6.20 Å². The Hall–Kier alpha value is -2.23. The van der Waals surface area contributed by atoms with Gasteiger partial charge in [-0.05, 0) is 13.3 Å². The van der Waals surface area contributed by atoms with Crippen LogP contribution >= 0.6 is 0 Å². The van der Waals surface area contributed by atoms with Gasteiger partial charge in [-0.25, -0.2) is 4.98 Å². The zero-order chi connectivity index (χ0) is 15.9. The van der Waals surface area contributed by atoms with E-state index in [9.17, 15) is 4.79 Å². The fraction of sp³-hybridized carbons (Fsp3) is 0.353. The number of nitrogens with one attached hydrogen (secondary N) is 1. The molecule has 0 aliphatic rings. The summed E-state index contributed by atoms with van der Waals surface area (Å²) >= 11 is 0. The Morgan fingerprint density at radius 2 is 1.52 bits per heavy atom. The summed E-state index contributed by atoms with van der Waals surface area (Å²) in [5.74, 6) is -0.158. The summed E-state index contributed by atoms with van der Waals surface area (Å²) < 4.78 is 0. The van der Waals surface area contributed by atoms with Crippen molar-refractivity contribution in [1.82, 2.24) is 15.3 Å². The van der Waals surface area contributed by atoms with E-state index < -0.39 is 0 Å². The normalized spacial score (nSPS) is 8.57. The minimum atomic E-state index is -0.158. The number of amides is 1. The largest absolute Gasteiger partial charge is 0.351 e. The first-order valence-corrected chi connectivity index (χ1v) is 7.31. The maximum atomic E-state index is 11.3. The number of carbonyl (C=O) groups is 1. The number of hydrogen-bond acceptors (Lipinski definition) is 3. The number of rotatable bonds is 3. The highest BCUT2D eigenvalue weighted by Crippen LogP contribution is 1.93. The molecule has 0 bridgehead atoms. The molecule has 4 nitrogen and oxygen atoms in total. The average Bonchev–Trinajstić information content (AvgIpc) is 2.57. The molecule has 2 aromatic rings. The molecule has 1 N–H and O–H groups in total. The molecular weight excluding hydrogens is 262 g/mol. The van der Waals surface area contributed by atoms with Crippen LogP contribution in [0.15, 0.2) is 48.8 Å². The topological polar surface area (TPSA) is 54.9 Å². The molecule has 1 aromatic carbocycles. The third-order valence-corrected chi connectivity index (χ3v) is 2.22. The Balaban J connectivity index is 0.000000416. The van der Waals surface area contributed by atoms with Crippen LogP contribution in [0.3, 0.4) is 0 Å². The number of aryl methyl sites for hydroxylation is 1. The third-order valence-electron chi connectivity index (χ3n) is 2.22. The van der Waals surface area contributed by atoms with Crippen molar-refractivity contribution in [3.63, 3.8) is 0 Å². The molecule has 0 saturated heterocycles.